The molecular formula is C13H12N2O3S2. The number of hydrogen-bond donors (Lipinski definition) is 1. The van der Waals surface area contributed by atoms with Crippen LogP contribution in [0.1, 0.15) is 38.7 Å². The molecule has 0 unspecified atom stereocenters. The zero-order chi connectivity index (χ0) is 14.1. The standard InChI is InChI=1S/C13H12N2O3S2/c16-12(11-14-10(7-20-11)13(17)18)15(9-1-2-9)5-8-3-4-19-6-8/h3-4,6-7,9H,1-2,5H2,(H,17,18). The highest BCUT2D eigenvalue weighted by atomic mass is 32.1. The number of carboxylic acids is 1. The van der Waals surface area contributed by atoms with Gasteiger partial charge in [0.15, 0.2) is 10.7 Å². The first kappa shape index (κ1) is 13.3. The quantitative estimate of drug-likeness (QED) is 0.922. The summed E-state index contributed by atoms with van der Waals surface area (Å²) in [6.07, 6.45) is 2.01. The molecule has 2 aromatic rings. The van der Waals surface area contributed by atoms with E-state index in [9.17, 15) is 9.59 Å². The number of thiazole rings is 1. The molecule has 0 saturated heterocycles. The number of aromatic carboxylic acids is 1. The lowest BCUT2D eigenvalue weighted by atomic mass is 10.3. The Kier molecular flexibility index (Phi) is 3.54. The van der Waals surface area contributed by atoms with Crippen molar-refractivity contribution in [2.24, 2.45) is 0 Å². The van der Waals surface area contributed by atoms with Crippen LogP contribution >= 0.6 is 22.7 Å². The van der Waals surface area contributed by atoms with Crippen LogP contribution in [0.15, 0.2) is 22.2 Å². The van der Waals surface area contributed by atoms with Gasteiger partial charge in [0.1, 0.15) is 0 Å². The van der Waals surface area contributed by atoms with Crippen molar-refractivity contribution in [1.29, 1.82) is 0 Å². The Morgan fingerprint density at radius 2 is 2.20 bits per heavy atom. The Labute approximate surface area is 123 Å². The molecule has 1 aliphatic carbocycles. The summed E-state index contributed by atoms with van der Waals surface area (Å²) in [5.41, 5.74) is 1.04. The zero-order valence-corrected chi connectivity index (χ0v) is 12.1. The Bertz CT molecular complexity index is 632. The number of aromatic nitrogens is 1. The van der Waals surface area contributed by atoms with Crippen LogP contribution in [0.3, 0.4) is 0 Å². The van der Waals surface area contributed by atoms with Crippen LogP contribution in [0.5, 0.6) is 0 Å². The van der Waals surface area contributed by atoms with Gasteiger partial charge in [0.2, 0.25) is 0 Å². The molecule has 20 heavy (non-hydrogen) atoms. The summed E-state index contributed by atoms with van der Waals surface area (Å²) in [5.74, 6) is -1.27. The van der Waals surface area contributed by atoms with Gasteiger partial charge in [-0.2, -0.15) is 11.3 Å². The molecule has 0 aromatic carbocycles. The Balaban J connectivity index is 1.79. The fourth-order valence-electron chi connectivity index (χ4n) is 1.93. The van der Waals surface area contributed by atoms with Gasteiger partial charge < -0.3 is 10.0 Å². The first-order valence-corrected chi connectivity index (χ1v) is 7.98. The summed E-state index contributed by atoms with van der Waals surface area (Å²) in [4.78, 5) is 29.0. The predicted octanol–water partition coefficient (Wildman–Crippen LogP) is 2.71. The smallest absolute Gasteiger partial charge is 0.355 e. The van der Waals surface area contributed by atoms with E-state index in [1.807, 2.05) is 16.8 Å². The van der Waals surface area contributed by atoms with Crippen molar-refractivity contribution in [2.75, 3.05) is 0 Å². The van der Waals surface area contributed by atoms with Gasteiger partial charge in [0.05, 0.1) is 0 Å². The van der Waals surface area contributed by atoms with Crippen LogP contribution in [0.25, 0.3) is 0 Å². The van der Waals surface area contributed by atoms with E-state index < -0.39 is 5.97 Å². The van der Waals surface area contributed by atoms with Crippen molar-refractivity contribution >= 4 is 34.6 Å². The lowest BCUT2D eigenvalue weighted by Gasteiger charge is -2.20. The Morgan fingerprint density at radius 1 is 1.40 bits per heavy atom. The molecule has 3 rings (SSSR count). The SMILES string of the molecule is O=C(O)c1csc(C(=O)N(Cc2ccsc2)C2CC2)n1. The number of carbonyl (C=O) groups excluding carboxylic acids is 1. The van der Waals surface area contributed by atoms with E-state index >= 15 is 0 Å². The van der Waals surface area contributed by atoms with E-state index in [1.165, 1.54) is 5.38 Å². The molecule has 7 heteroatoms. The Hall–Kier alpha value is -1.73. The second-order valence-corrected chi connectivity index (χ2v) is 6.28. The van der Waals surface area contributed by atoms with Crippen molar-refractivity contribution in [1.82, 2.24) is 9.88 Å². The van der Waals surface area contributed by atoms with Gasteiger partial charge in [-0.3, -0.25) is 4.79 Å². The topological polar surface area (TPSA) is 70.5 Å². The van der Waals surface area contributed by atoms with Gasteiger partial charge in [-0.05, 0) is 35.2 Å². The van der Waals surface area contributed by atoms with Crippen LogP contribution in [0.2, 0.25) is 0 Å². The number of hydrogen-bond acceptors (Lipinski definition) is 5. The molecule has 1 aliphatic rings. The maximum Gasteiger partial charge on any atom is 0.355 e. The maximum atomic E-state index is 12.5. The van der Waals surface area contributed by atoms with E-state index in [0.29, 0.717) is 6.54 Å². The van der Waals surface area contributed by atoms with Crippen molar-refractivity contribution < 1.29 is 14.7 Å². The maximum absolute atomic E-state index is 12.5. The molecule has 2 aromatic heterocycles. The van der Waals surface area contributed by atoms with Crippen LogP contribution in [-0.4, -0.2) is 32.9 Å². The second-order valence-electron chi connectivity index (χ2n) is 4.64. The summed E-state index contributed by atoms with van der Waals surface area (Å²) in [7, 11) is 0. The predicted molar refractivity (Wildman–Crippen MR) is 76.3 cm³/mol. The molecule has 1 saturated carbocycles. The summed E-state index contributed by atoms with van der Waals surface area (Å²) in [6.45, 7) is 0.564. The van der Waals surface area contributed by atoms with E-state index in [4.69, 9.17) is 5.11 Å². The lowest BCUT2D eigenvalue weighted by molar-refractivity contribution is 0.0691. The molecular weight excluding hydrogens is 296 g/mol. The van der Waals surface area contributed by atoms with Gasteiger partial charge in [0, 0.05) is 18.0 Å². The molecule has 104 valence electrons. The fourth-order valence-corrected chi connectivity index (χ4v) is 3.33. The first-order chi connectivity index (χ1) is 9.65. The van der Waals surface area contributed by atoms with Gasteiger partial charge in [-0.15, -0.1) is 11.3 Å². The van der Waals surface area contributed by atoms with Crippen molar-refractivity contribution in [3.63, 3.8) is 0 Å². The normalized spacial score (nSPS) is 14.2. The Morgan fingerprint density at radius 3 is 2.75 bits per heavy atom. The first-order valence-electron chi connectivity index (χ1n) is 6.16. The number of carbonyl (C=O) groups is 2. The van der Waals surface area contributed by atoms with Crippen molar-refractivity contribution in [2.45, 2.75) is 25.4 Å². The average molecular weight is 308 g/mol. The highest BCUT2D eigenvalue weighted by Gasteiger charge is 2.34. The van der Waals surface area contributed by atoms with Gasteiger partial charge in [-0.25, -0.2) is 9.78 Å². The summed E-state index contributed by atoms with van der Waals surface area (Å²) in [5, 5.41) is 14.5. The summed E-state index contributed by atoms with van der Waals surface area (Å²) in [6, 6.07) is 2.26. The summed E-state index contributed by atoms with van der Waals surface area (Å²) >= 11 is 2.69. The van der Waals surface area contributed by atoms with Crippen molar-refractivity contribution in [3.05, 3.63) is 38.5 Å². The number of carboxylic acid groups (broad SMARTS) is 1. The largest absolute Gasteiger partial charge is 0.476 e. The molecule has 0 aliphatic heterocycles. The van der Waals surface area contributed by atoms with Crippen molar-refractivity contribution in [3.8, 4) is 0 Å². The molecule has 1 amide bonds. The van der Waals surface area contributed by atoms with E-state index in [2.05, 4.69) is 4.98 Å². The number of rotatable bonds is 5. The summed E-state index contributed by atoms with van der Waals surface area (Å²) < 4.78 is 0. The molecule has 1 N–H and O–H groups in total. The third-order valence-corrected chi connectivity index (χ3v) is 4.65. The molecule has 2 heterocycles. The average Bonchev–Trinajstić information content (AvgIpc) is 2.95. The van der Waals surface area contributed by atoms with Crippen LogP contribution in [0, 0.1) is 0 Å². The van der Waals surface area contributed by atoms with Crippen LogP contribution in [-0.2, 0) is 6.54 Å². The van der Waals surface area contributed by atoms with E-state index in [0.717, 1.165) is 29.7 Å². The van der Waals surface area contributed by atoms with Crippen LogP contribution in [0.4, 0.5) is 0 Å². The minimum Gasteiger partial charge on any atom is -0.476 e. The zero-order valence-electron chi connectivity index (χ0n) is 10.5. The third kappa shape index (κ3) is 2.73. The van der Waals surface area contributed by atoms with Crippen LogP contribution < -0.4 is 0 Å². The highest BCUT2D eigenvalue weighted by Crippen LogP contribution is 2.30. The molecule has 5 nitrogen and oxygen atoms in total. The number of nitrogens with zero attached hydrogens (tertiary/aromatic N) is 2. The number of thiophene rings is 1. The molecule has 0 radical (unpaired) electrons. The second kappa shape index (κ2) is 5.34. The van der Waals surface area contributed by atoms with Gasteiger partial charge >= 0.3 is 5.97 Å². The number of amides is 1. The molecule has 0 atom stereocenters. The van der Waals surface area contributed by atoms with E-state index in [1.54, 1.807) is 16.2 Å². The lowest BCUT2D eigenvalue weighted by Crippen LogP contribution is -2.32. The van der Waals surface area contributed by atoms with Gasteiger partial charge in [0.25, 0.3) is 5.91 Å². The van der Waals surface area contributed by atoms with E-state index in [-0.39, 0.29) is 22.7 Å². The highest BCUT2D eigenvalue weighted by molar-refractivity contribution is 7.11. The molecule has 0 spiro atoms. The van der Waals surface area contributed by atoms with Gasteiger partial charge in [-0.1, -0.05) is 0 Å². The molecule has 1 fully saturated rings. The third-order valence-electron chi connectivity index (χ3n) is 3.09. The molecule has 0 bridgehead atoms. The minimum absolute atomic E-state index is 0.0652. The monoisotopic (exact) mass is 308 g/mol. The minimum atomic E-state index is -1.10. The fraction of sp³-hybridized carbons (Fsp3) is 0.308.